The van der Waals surface area contributed by atoms with Gasteiger partial charge >= 0.3 is 0 Å². The van der Waals surface area contributed by atoms with Crippen LogP contribution in [-0.4, -0.2) is 85.3 Å². The highest BCUT2D eigenvalue weighted by atomic mass is 32.2. The quantitative estimate of drug-likeness (QED) is 0.570. The van der Waals surface area contributed by atoms with Gasteiger partial charge < -0.3 is 15.4 Å². The van der Waals surface area contributed by atoms with E-state index >= 15 is 0 Å². The van der Waals surface area contributed by atoms with E-state index in [1.54, 1.807) is 0 Å². The molecule has 0 aromatic carbocycles. The Morgan fingerprint density at radius 3 is 2.83 bits per heavy atom. The second-order valence-electron chi connectivity index (χ2n) is 6.57. The molecule has 7 heteroatoms. The van der Waals surface area contributed by atoms with E-state index in [4.69, 9.17) is 4.74 Å². The summed E-state index contributed by atoms with van der Waals surface area (Å²) in [6, 6.07) is 0. The molecule has 0 saturated carbocycles. The Labute approximate surface area is 148 Å². The molecule has 2 atom stereocenters. The number of thioether (sulfide) groups is 2. The van der Waals surface area contributed by atoms with E-state index in [0.717, 1.165) is 50.6 Å². The number of rotatable bonds is 5. The summed E-state index contributed by atoms with van der Waals surface area (Å²) in [7, 11) is 1.88. The minimum atomic E-state index is 0.272. The van der Waals surface area contributed by atoms with Crippen LogP contribution in [0.5, 0.6) is 0 Å². The molecule has 23 heavy (non-hydrogen) atoms. The predicted molar refractivity (Wildman–Crippen MR) is 102 cm³/mol. The second-order valence-corrected chi connectivity index (χ2v) is 9.08. The van der Waals surface area contributed by atoms with E-state index in [2.05, 4.69) is 44.0 Å². The van der Waals surface area contributed by atoms with Gasteiger partial charge in [-0.15, -0.1) is 0 Å². The molecule has 3 fully saturated rings. The molecule has 3 heterocycles. The van der Waals surface area contributed by atoms with E-state index in [0.29, 0.717) is 0 Å². The zero-order valence-corrected chi connectivity index (χ0v) is 15.8. The lowest BCUT2D eigenvalue weighted by atomic mass is 9.95. The molecule has 3 aliphatic rings. The average Bonchev–Trinajstić information content (AvgIpc) is 3.28. The first-order valence-corrected chi connectivity index (χ1v) is 11.0. The van der Waals surface area contributed by atoms with Gasteiger partial charge in [-0.1, -0.05) is 0 Å². The summed E-state index contributed by atoms with van der Waals surface area (Å²) in [6.07, 6.45) is 3.96. The van der Waals surface area contributed by atoms with Gasteiger partial charge in [0.15, 0.2) is 5.96 Å². The van der Waals surface area contributed by atoms with Crippen molar-refractivity contribution in [3.63, 3.8) is 0 Å². The van der Waals surface area contributed by atoms with E-state index < -0.39 is 0 Å². The number of nitrogens with zero attached hydrogens (tertiary/aromatic N) is 2. The van der Waals surface area contributed by atoms with Crippen LogP contribution < -0.4 is 10.6 Å². The Morgan fingerprint density at radius 2 is 2.17 bits per heavy atom. The van der Waals surface area contributed by atoms with Crippen molar-refractivity contribution in [2.45, 2.75) is 30.1 Å². The maximum atomic E-state index is 5.54. The van der Waals surface area contributed by atoms with Crippen LogP contribution in [0.25, 0.3) is 0 Å². The van der Waals surface area contributed by atoms with Crippen LogP contribution in [-0.2, 0) is 4.74 Å². The van der Waals surface area contributed by atoms with Gasteiger partial charge in [-0.25, -0.2) is 0 Å². The Kier molecular flexibility index (Phi) is 6.80. The van der Waals surface area contributed by atoms with Crippen LogP contribution in [0.3, 0.4) is 0 Å². The summed E-state index contributed by atoms with van der Waals surface area (Å²) in [4.78, 5) is 7.06. The van der Waals surface area contributed by atoms with Gasteiger partial charge in [-0.2, -0.15) is 23.5 Å². The van der Waals surface area contributed by atoms with Gasteiger partial charge in [0.05, 0.1) is 13.2 Å². The zero-order chi connectivity index (χ0) is 16.0. The van der Waals surface area contributed by atoms with Gasteiger partial charge in [-0.05, 0) is 30.8 Å². The predicted octanol–water partition coefficient (Wildman–Crippen LogP) is 1.25. The summed E-state index contributed by atoms with van der Waals surface area (Å²) in [6.45, 7) is 5.89. The molecule has 5 nitrogen and oxygen atoms in total. The lowest BCUT2D eigenvalue weighted by Gasteiger charge is -2.43. The fourth-order valence-electron chi connectivity index (χ4n) is 3.62. The fourth-order valence-corrected chi connectivity index (χ4v) is 6.30. The molecule has 0 aromatic rings. The molecule has 0 spiro atoms. The molecule has 2 unspecified atom stereocenters. The van der Waals surface area contributed by atoms with Gasteiger partial charge in [0.1, 0.15) is 0 Å². The highest BCUT2D eigenvalue weighted by molar-refractivity contribution is 8.00. The maximum Gasteiger partial charge on any atom is 0.191 e. The van der Waals surface area contributed by atoms with Crippen LogP contribution in [0.2, 0.25) is 0 Å². The first kappa shape index (κ1) is 17.7. The molecule has 3 rings (SSSR count). The van der Waals surface area contributed by atoms with Crippen LogP contribution >= 0.6 is 23.5 Å². The van der Waals surface area contributed by atoms with Crippen molar-refractivity contribution in [2.24, 2.45) is 4.99 Å². The Hall–Kier alpha value is -0.110. The van der Waals surface area contributed by atoms with E-state index in [1.165, 1.54) is 36.5 Å². The van der Waals surface area contributed by atoms with E-state index in [1.807, 2.05) is 7.05 Å². The monoisotopic (exact) mass is 358 g/mol. The summed E-state index contributed by atoms with van der Waals surface area (Å²) in [5.74, 6) is 4.76. The lowest BCUT2D eigenvalue weighted by molar-refractivity contribution is -0.0120. The van der Waals surface area contributed by atoms with Crippen molar-refractivity contribution in [2.75, 3.05) is 63.7 Å². The number of hydrogen-bond donors (Lipinski definition) is 2. The lowest BCUT2D eigenvalue weighted by Crippen LogP contribution is -2.60. The molecule has 2 N–H and O–H groups in total. The first-order chi connectivity index (χ1) is 11.3. The second kappa shape index (κ2) is 8.83. The molecule has 0 amide bonds. The fraction of sp³-hybridized carbons (Fsp3) is 0.938. The highest BCUT2D eigenvalue weighted by Crippen LogP contribution is 2.33. The molecule has 0 bridgehead atoms. The normalized spacial score (nSPS) is 33.1. The molecule has 0 aliphatic carbocycles. The van der Waals surface area contributed by atoms with Crippen molar-refractivity contribution >= 4 is 29.5 Å². The molecule has 0 radical (unpaired) electrons. The molecular weight excluding hydrogens is 328 g/mol. The van der Waals surface area contributed by atoms with Crippen LogP contribution in [0.1, 0.15) is 19.3 Å². The van der Waals surface area contributed by atoms with Crippen molar-refractivity contribution in [1.29, 1.82) is 0 Å². The summed E-state index contributed by atoms with van der Waals surface area (Å²) in [5, 5.41) is 7.88. The highest BCUT2D eigenvalue weighted by Gasteiger charge is 2.40. The number of guanidine groups is 1. The summed E-state index contributed by atoms with van der Waals surface area (Å²) < 4.78 is 5.54. The number of ether oxygens (including phenoxy) is 1. The van der Waals surface area contributed by atoms with Gasteiger partial charge in [-0.3, -0.25) is 9.89 Å². The van der Waals surface area contributed by atoms with E-state index in [-0.39, 0.29) is 5.54 Å². The first-order valence-electron chi connectivity index (χ1n) is 8.79. The Morgan fingerprint density at radius 1 is 1.30 bits per heavy atom. The SMILES string of the molecule is CN=C(NCC1CCCS1)NCC1(N2CCOCC2)CCSC1. The largest absolute Gasteiger partial charge is 0.379 e. The Balaban J connectivity index is 1.50. The standard InChI is InChI=1S/C16H30N4OS2/c1-17-15(18-11-14-3-2-9-23-14)19-12-16(4-10-22-13-16)20-5-7-21-8-6-20/h14H,2-13H2,1H3,(H2,17,18,19). The van der Waals surface area contributed by atoms with Crippen molar-refractivity contribution in [3.8, 4) is 0 Å². The van der Waals surface area contributed by atoms with Crippen LogP contribution in [0.15, 0.2) is 4.99 Å². The van der Waals surface area contributed by atoms with Crippen molar-refractivity contribution < 1.29 is 4.74 Å². The van der Waals surface area contributed by atoms with Crippen LogP contribution in [0, 0.1) is 0 Å². The third-order valence-electron chi connectivity index (χ3n) is 5.09. The van der Waals surface area contributed by atoms with Crippen molar-refractivity contribution in [3.05, 3.63) is 0 Å². The maximum absolute atomic E-state index is 5.54. The van der Waals surface area contributed by atoms with E-state index in [9.17, 15) is 0 Å². The van der Waals surface area contributed by atoms with Gasteiger partial charge in [0.25, 0.3) is 0 Å². The number of nitrogens with one attached hydrogen (secondary N) is 2. The number of aliphatic imine (C=N–C) groups is 1. The smallest absolute Gasteiger partial charge is 0.191 e. The number of hydrogen-bond acceptors (Lipinski definition) is 5. The minimum absolute atomic E-state index is 0.272. The molecule has 0 aromatic heterocycles. The third kappa shape index (κ3) is 4.71. The molecule has 3 saturated heterocycles. The summed E-state index contributed by atoms with van der Waals surface area (Å²) in [5.41, 5.74) is 0.272. The third-order valence-corrected chi connectivity index (χ3v) is 7.73. The summed E-state index contributed by atoms with van der Waals surface area (Å²) >= 11 is 4.17. The topological polar surface area (TPSA) is 48.9 Å². The number of morpholine rings is 1. The minimum Gasteiger partial charge on any atom is -0.379 e. The van der Waals surface area contributed by atoms with Crippen LogP contribution in [0.4, 0.5) is 0 Å². The van der Waals surface area contributed by atoms with Crippen molar-refractivity contribution in [1.82, 2.24) is 15.5 Å². The van der Waals surface area contributed by atoms with Gasteiger partial charge in [0.2, 0.25) is 0 Å². The van der Waals surface area contributed by atoms with Gasteiger partial charge in [0, 0.05) is 49.8 Å². The molecule has 132 valence electrons. The molecular formula is C16H30N4OS2. The Bertz CT molecular complexity index is 390. The average molecular weight is 359 g/mol. The zero-order valence-electron chi connectivity index (χ0n) is 14.2. The molecule has 3 aliphatic heterocycles.